The highest BCUT2D eigenvalue weighted by molar-refractivity contribution is 7.90. The van der Waals surface area contributed by atoms with Crippen molar-refractivity contribution in [3.63, 3.8) is 0 Å². The van der Waals surface area contributed by atoms with E-state index in [1.165, 1.54) is 0 Å². The number of benzene rings is 1. The molecule has 74 valence electrons. The standard InChI is InChI=1S/C10H11NO2S/c1-6-4-7(2)10-9(5-6)8(3)11-14(10,12)13/h4-5H,1-3H3. The monoisotopic (exact) mass is 209 g/mol. The van der Waals surface area contributed by atoms with Crippen LogP contribution in [0.5, 0.6) is 0 Å². The van der Waals surface area contributed by atoms with Crippen molar-refractivity contribution in [3.8, 4) is 0 Å². The van der Waals surface area contributed by atoms with Gasteiger partial charge in [-0.1, -0.05) is 11.6 Å². The molecular weight excluding hydrogens is 198 g/mol. The van der Waals surface area contributed by atoms with E-state index in [0.29, 0.717) is 10.6 Å². The fourth-order valence-electron chi connectivity index (χ4n) is 1.84. The van der Waals surface area contributed by atoms with E-state index in [4.69, 9.17) is 0 Å². The zero-order chi connectivity index (χ0) is 10.5. The van der Waals surface area contributed by atoms with Gasteiger partial charge in [-0.3, -0.25) is 0 Å². The Bertz CT molecular complexity index is 541. The molecule has 4 heteroatoms. The summed E-state index contributed by atoms with van der Waals surface area (Å²) in [6, 6.07) is 3.73. The Morgan fingerprint density at radius 1 is 1.14 bits per heavy atom. The van der Waals surface area contributed by atoms with Gasteiger partial charge in [-0.15, -0.1) is 0 Å². The van der Waals surface area contributed by atoms with Crippen molar-refractivity contribution in [1.29, 1.82) is 0 Å². The maximum Gasteiger partial charge on any atom is 0.283 e. The van der Waals surface area contributed by atoms with Gasteiger partial charge in [0.15, 0.2) is 0 Å². The normalized spacial score (nSPS) is 17.8. The molecule has 1 heterocycles. The average molecular weight is 209 g/mol. The van der Waals surface area contributed by atoms with Crippen LogP contribution in [-0.2, 0) is 10.0 Å². The van der Waals surface area contributed by atoms with Crippen molar-refractivity contribution in [3.05, 3.63) is 28.8 Å². The zero-order valence-electron chi connectivity index (χ0n) is 8.33. The Balaban J connectivity index is 2.90. The van der Waals surface area contributed by atoms with E-state index in [1.54, 1.807) is 13.8 Å². The fraction of sp³-hybridized carbons (Fsp3) is 0.300. The molecular formula is C10H11NO2S. The lowest BCUT2D eigenvalue weighted by Crippen LogP contribution is -1.98. The Morgan fingerprint density at radius 3 is 2.43 bits per heavy atom. The number of sulfonamides is 1. The first-order valence-electron chi connectivity index (χ1n) is 4.35. The highest BCUT2D eigenvalue weighted by atomic mass is 32.2. The molecule has 0 unspecified atom stereocenters. The van der Waals surface area contributed by atoms with E-state index in [2.05, 4.69) is 4.40 Å². The van der Waals surface area contributed by atoms with Crippen LogP contribution in [-0.4, -0.2) is 14.1 Å². The quantitative estimate of drug-likeness (QED) is 0.654. The third-order valence-electron chi connectivity index (χ3n) is 2.32. The Kier molecular flexibility index (Phi) is 1.79. The van der Waals surface area contributed by atoms with E-state index in [0.717, 1.165) is 16.7 Å². The summed E-state index contributed by atoms with van der Waals surface area (Å²) in [5.74, 6) is 0. The number of hydrogen-bond donors (Lipinski definition) is 0. The molecule has 2 rings (SSSR count). The molecule has 3 nitrogen and oxygen atoms in total. The Labute approximate surface area is 83.5 Å². The van der Waals surface area contributed by atoms with E-state index < -0.39 is 10.0 Å². The Morgan fingerprint density at radius 2 is 1.79 bits per heavy atom. The van der Waals surface area contributed by atoms with Crippen molar-refractivity contribution in [1.82, 2.24) is 0 Å². The molecule has 0 aromatic heterocycles. The van der Waals surface area contributed by atoms with Gasteiger partial charge in [-0.25, -0.2) is 0 Å². The number of rotatable bonds is 0. The summed E-state index contributed by atoms with van der Waals surface area (Å²) in [6.07, 6.45) is 0. The lowest BCUT2D eigenvalue weighted by Gasteiger charge is -2.04. The minimum absolute atomic E-state index is 0.376. The maximum atomic E-state index is 11.6. The van der Waals surface area contributed by atoms with E-state index >= 15 is 0 Å². The summed E-state index contributed by atoms with van der Waals surface area (Å²) in [5.41, 5.74) is 3.18. The summed E-state index contributed by atoms with van der Waals surface area (Å²) >= 11 is 0. The number of fused-ring (bicyclic) bond motifs is 1. The topological polar surface area (TPSA) is 46.5 Å². The lowest BCUT2D eigenvalue weighted by molar-refractivity contribution is 0.599. The van der Waals surface area contributed by atoms with E-state index in [9.17, 15) is 8.42 Å². The van der Waals surface area contributed by atoms with Crippen LogP contribution in [0.1, 0.15) is 23.6 Å². The number of aryl methyl sites for hydroxylation is 2. The van der Waals surface area contributed by atoms with Crippen molar-refractivity contribution in [2.45, 2.75) is 25.7 Å². The van der Waals surface area contributed by atoms with Gasteiger partial charge in [0, 0.05) is 5.56 Å². The van der Waals surface area contributed by atoms with Crippen LogP contribution in [0.2, 0.25) is 0 Å². The SMILES string of the molecule is CC1=NS(=O)(=O)c2c(C)cc(C)cc21. The lowest BCUT2D eigenvalue weighted by atomic mass is 10.0. The van der Waals surface area contributed by atoms with Crippen LogP contribution in [0, 0.1) is 13.8 Å². The van der Waals surface area contributed by atoms with Crippen LogP contribution in [0.3, 0.4) is 0 Å². The first-order valence-corrected chi connectivity index (χ1v) is 5.79. The molecule has 0 atom stereocenters. The van der Waals surface area contributed by atoms with Crippen LogP contribution in [0.4, 0.5) is 0 Å². The van der Waals surface area contributed by atoms with E-state index in [1.807, 2.05) is 19.1 Å². The first-order chi connectivity index (χ1) is 6.42. The molecule has 0 bridgehead atoms. The highest BCUT2D eigenvalue weighted by Crippen LogP contribution is 2.30. The molecule has 1 aromatic carbocycles. The minimum Gasteiger partial charge on any atom is -0.199 e. The molecule has 0 spiro atoms. The summed E-state index contributed by atoms with van der Waals surface area (Å²) in [5, 5.41) is 0. The van der Waals surface area contributed by atoms with Gasteiger partial charge >= 0.3 is 0 Å². The molecule has 0 N–H and O–H groups in total. The smallest absolute Gasteiger partial charge is 0.199 e. The molecule has 0 aliphatic carbocycles. The second kappa shape index (κ2) is 2.67. The summed E-state index contributed by atoms with van der Waals surface area (Å²) in [6.45, 7) is 5.48. The largest absolute Gasteiger partial charge is 0.283 e. The van der Waals surface area contributed by atoms with Crippen LogP contribution in [0.25, 0.3) is 0 Å². The molecule has 0 amide bonds. The van der Waals surface area contributed by atoms with E-state index in [-0.39, 0.29) is 0 Å². The third kappa shape index (κ3) is 1.18. The van der Waals surface area contributed by atoms with Crippen LogP contribution >= 0.6 is 0 Å². The maximum absolute atomic E-state index is 11.6. The van der Waals surface area contributed by atoms with Gasteiger partial charge in [-0.05, 0) is 32.4 Å². The molecule has 1 aliphatic rings. The summed E-state index contributed by atoms with van der Waals surface area (Å²) in [7, 11) is -3.41. The third-order valence-corrected chi connectivity index (χ3v) is 3.90. The van der Waals surface area contributed by atoms with Gasteiger partial charge in [-0.2, -0.15) is 12.8 Å². The van der Waals surface area contributed by atoms with Crippen molar-refractivity contribution in [2.24, 2.45) is 4.40 Å². The number of hydrogen-bond acceptors (Lipinski definition) is 2. The van der Waals surface area contributed by atoms with Crippen molar-refractivity contribution in [2.75, 3.05) is 0 Å². The second-order valence-corrected chi connectivity index (χ2v) is 5.15. The summed E-state index contributed by atoms with van der Waals surface area (Å²) < 4.78 is 26.9. The summed E-state index contributed by atoms with van der Waals surface area (Å²) in [4.78, 5) is 0.376. The van der Waals surface area contributed by atoms with Gasteiger partial charge in [0.1, 0.15) is 4.90 Å². The van der Waals surface area contributed by atoms with Gasteiger partial charge < -0.3 is 0 Å². The van der Waals surface area contributed by atoms with Crippen LogP contribution < -0.4 is 0 Å². The molecule has 1 aliphatic heterocycles. The minimum atomic E-state index is -3.41. The molecule has 0 saturated heterocycles. The molecule has 0 radical (unpaired) electrons. The van der Waals surface area contributed by atoms with Gasteiger partial charge in [0.2, 0.25) is 0 Å². The van der Waals surface area contributed by atoms with Crippen molar-refractivity contribution < 1.29 is 8.42 Å². The molecule has 14 heavy (non-hydrogen) atoms. The van der Waals surface area contributed by atoms with Gasteiger partial charge in [0.25, 0.3) is 10.0 Å². The second-order valence-electron chi connectivity index (χ2n) is 3.61. The molecule has 0 saturated carbocycles. The first kappa shape index (κ1) is 9.40. The average Bonchev–Trinajstić information content (AvgIpc) is 2.21. The fourth-order valence-corrected chi connectivity index (χ4v) is 3.34. The Hall–Kier alpha value is -1.16. The molecule has 1 aromatic rings. The van der Waals surface area contributed by atoms with Crippen LogP contribution in [0.15, 0.2) is 21.4 Å². The zero-order valence-corrected chi connectivity index (χ0v) is 9.14. The predicted octanol–water partition coefficient (Wildman–Crippen LogP) is 1.81. The molecule has 0 fully saturated rings. The van der Waals surface area contributed by atoms with Gasteiger partial charge in [0.05, 0.1) is 5.71 Å². The number of nitrogens with zero attached hydrogens (tertiary/aromatic N) is 1. The highest BCUT2D eigenvalue weighted by Gasteiger charge is 2.28. The van der Waals surface area contributed by atoms with Crippen molar-refractivity contribution >= 4 is 15.7 Å². The predicted molar refractivity (Wildman–Crippen MR) is 55.3 cm³/mol.